The third-order valence-electron chi connectivity index (χ3n) is 3.66. The lowest BCUT2D eigenvalue weighted by Crippen LogP contribution is -2.27. The molecule has 1 aromatic heterocycles. The number of rotatable bonds is 4. The largest absolute Gasteiger partial charge is 0.473 e. The molecular weight excluding hydrogens is 244 g/mol. The number of ether oxygens (including phenoxy) is 1. The van der Waals surface area contributed by atoms with E-state index in [0.717, 1.165) is 12.8 Å². The van der Waals surface area contributed by atoms with Crippen molar-refractivity contribution in [3.63, 3.8) is 0 Å². The molecule has 0 aliphatic heterocycles. The summed E-state index contributed by atoms with van der Waals surface area (Å²) in [6.07, 6.45) is 7.29. The molecule has 6 nitrogen and oxygen atoms in total. The van der Waals surface area contributed by atoms with Crippen LogP contribution in [-0.2, 0) is 0 Å². The van der Waals surface area contributed by atoms with E-state index in [1.165, 1.54) is 25.5 Å². The molecule has 0 saturated heterocycles. The SMILES string of the molecule is CCC1CCCC(Oc2nnccc2/C(N)=N/O)C1. The number of amidine groups is 1. The highest BCUT2D eigenvalue weighted by molar-refractivity contribution is 5.98. The molecule has 0 radical (unpaired) electrons. The first-order valence-electron chi connectivity index (χ1n) is 6.70. The Morgan fingerprint density at radius 1 is 1.58 bits per heavy atom. The van der Waals surface area contributed by atoms with Gasteiger partial charge in [0.25, 0.3) is 0 Å². The number of nitrogens with two attached hydrogens (primary N) is 1. The fraction of sp³-hybridized carbons (Fsp3) is 0.615. The molecule has 0 bridgehead atoms. The van der Waals surface area contributed by atoms with Gasteiger partial charge in [-0.05, 0) is 31.2 Å². The molecule has 6 heteroatoms. The van der Waals surface area contributed by atoms with Crippen molar-refractivity contribution in [2.45, 2.75) is 45.1 Å². The fourth-order valence-electron chi connectivity index (χ4n) is 2.53. The van der Waals surface area contributed by atoms with Crippen LogP contribution in [0.2, 0.25) is 0 Å². The summed E-state index contributed by atoms with van der Waals surface area (Å²) < 4.78 is 5.90. The van der Waals surface area contributed by atoms with Gasteiger partial charge in [-0.15, -0.1) is 5.10 Å². The van der Waals surface area contributed by atoms with Gasteiger partial charge in [0.15, 0.2) is 5.84 Å². The summed E-state index contributed by atoms with van der Waals surface area (Å²) in [6, 6.07) is 1.64. The Labute approximate surface area is 112 Å². The molecule has 0 amide bonds. The van der Waals surface area contributed by atoms with Crippen LogP contribution in [0.5, 0.6) is 5.88 Å². The van der Waals surface area contributed by atoms with Crippen LogP contribution < -0.4 is 10.5 Å². The second kappa shape index (κ2) is 6.36. The van der Waals surface area contributed by atoms with E-state index in [2.05, 4.69) is 22.3 Å². The van der Waals surface area contributed by atoms with E-state index < -0.39 is 0 Å². The number of nitrogens with zero attached hydrogens (tertiary/aromatic N) is 3. The van der Waals surface area contributed by atoms with E-state index >= 15 is 0 Å². The Bertz CT molecular complexity index is 450. The van der Waals surface area contributed by atoms with Crippen molar-refractivity contribution in [2.24, 2.45) is 16.8 Å². The van der Waals surface area contributed by atoms with Crippen LogP contribution in [0.15, 0.2) is 17.4 Å². The minimum absolute atomic E-state index is 0.00671. The molecule has 2 unspecified atom stereocenters. The van der Waals surface area contributed by atoms with Crippen LogP contribution in [0.3, 0.4) is 0 Å². The molecule has 2 rings (SSSR count). The van der Waals surface area contributed by atoms with Crippen LogP contribution in [-0.4, -0.2) is 27.3 Å². The molecule has 0 spiro atoms. The summed E-state index contributed by atoms with van der Waals surface area (Å²) in [4.78, 5) is 0. The maximum atomic E-state index is 8.76. The summed E-state index contributed by atoms with van der Waals surface area (Å²) in [6.45, 7) is 2.21. The van der Waals surface area contributed by atoms with Crippen molar-refractivity contribution < 1.29 is 9.94 Å². The molecule has 104 valence electrons. The van der Waals surface area contributed by atoms with Crippen LogP contribution in [0.25, 0.3) is 0 Å². The van der Waals surface area contributed by atoms with Gasteiger partial charge in [0.1, 0.15) is 6.10 Å². The molecule has 1 saturated carbocycles. The van der Waals surface area contributed by atoms with E-state index in [-0.39, 0.29) is 11.9 Å². The third-order valence-corrected chi connectivity index (χ3v) is 3.66. The first kappa shape index (κ1) is 13.6. The van der Waals surface area contributed by atoms with E-state index in [0.29, 0.717) is 17.4 Å². The van der Waals surface area contributed by atoms with Crippen molar-refractivity contribution in [3.05, 3.63) is 17.8 Å². The van der Waals surface area contributed by atoms with Gasteiger partial charge in [0.2, 0.25) is 5.88 Å². The Morgan fingerprint density at radius 3 is 3.16 bits per heavy atom. The first-order valence-corrected chi connectivity index (χ1v) is 6.70. The fourth-order valence-corrected chi connectivity index (χ4v) is 2.53. The highest BCUT2D eigenvalue weighted by Gasteiger charge is 2.24. The lowest BCUT2D eigenvalue weighted by Gasteiger charge is -2.28. The van der Waals surface area contributed by atoms with E-state index in [4.69, 9.17) is 15.7 Å². The summed E-state index contributed by atoms with van der Waals surface area (Å²) in [5.74, 6) is 1.05. The number of hydrogen-bond acceptors (Lipinski definition) is 5. The van der Waals surface area contributed by atoms with Crippen molar-refractivity contribution >= 4 is 5.84 Å². The highest BCUT2D eigenvalue weighted by Crippen LogP contribution is 2.29. The lowest BCUT2D eigenvalue weighted by molar-refractivity contribution is 0.115. The maximum Gasteiger partial charge on any atom is 0.244 e. The Hall–Kier alpha value is -1.85. The molecule has 2 atom stereocenters. The van der Waals surface area contributed by atoms with Gasteiger partial charge in [0.05, 0.1) is 11.8 Å². The smallest absolute Gasteiger partial charge is 0.244 e. The number of oxime groups is 1. The second-order valence-corrected chi connectivity index (χ2v) is 4.92. The van der Waals surface area contributed by atoms with Crippen LogP contribution in [0, 0.1) is 5.92 Å². The van der Waals surface area contributed by atoms with Crippen molar-refractivity contribution in [3.8, 4) is 5.88 Å². The van der Waals surface area contributed by atoms with Gasteiger partial charge >= 0.3 is 0 Å². The van der Waals surface area contributed by atoms with Gasteiger partial charge in [-0.1, -0.05) is 24.9 Å². The normalized spacial score (nSPS) is 24.2. The standard InChI is InChI=1S/C13H20N4O2/c1-2-9-4-3-5-10(8-9)19-13-11(12(14)17-18)6-7-15-16-13/h6-7,9-10,18H,2-5,8H2,1H3,(H2,14,17). The minimum Gasteiger partial charge on any atom is -0.473 e. The predicted octanol–water partition coefficient (Wildman–Crippen LogP) is 1.92. The van der Waals surface area contributed by atoms with Gasteiger partial charge in [-0.25, -0.2) is 0 Å². The molecule has 19 heavy (non-hydrogen) atoms. The summed E-state index contributed by atoms with van der Waals surface area (Å²) in [5.41, 5.74) is 6.09. The second-order valence-electron chi connectivity index (χ2n) is 4.92. The van der Waals surface area contributed by atoms with Gasteiger partial charge < -0.3 is 15.7 Å². The monoisotopic (exact) mass is 264 g/mol. The molecule has 1 aliphatic rings. The molecule has 1 fully saturated rings. The average Bonchev–Trinajstić information content (AvgIpc) is 2.47. The molecule has 1 aromatic rings. The Kier molecular flexibility index (Phi) is 4.54. The number of hydrogen-bond donors (Lipinski definition) is 2. The first-order chi connectivity index (χ1) is 9.24. The van der Waals surface area contributed by atoms with Crippen molar-refractivity contribution in [2.75, 3.05) is 0 Å². The van der Waals surface area contributed by atoms with E-state index in [1.54, 1.807) is 6.07 Å². The van der Waals surface area contributed by atoms with Crippen LogP contribution in [0.1, 0.15) is 44.6 Å². The van der Waals surface area contributed by atoms with E-state index in [1.807, 2.05) is 0 Å². The van der Waals surface area contributed by atoms with Crippen molar-refractivity contribution in [1.29, 1.82) is 0 Å². The van der Waals surface area contributed by atoms with Crippen LogP contribution >= 0.6 is 0 Å². The maximum absolute atomic E-state index is 8.76. The minimum atomic E-state index is -0.00671. The molecule has 0 aromatic carbocycles. The predicted molar refractivity (Wildman–Crippen MR) is 71.2 cm³/mol. The van der Waals surface area contributed by atoms with Crippen molar-refractivity contribution in [1.82, 2.24) is 10.2 Å². The summed E-state index contributed by atoms with van der Waals surface area (Å²) >= 11 is 0. The van der Waals surface area contributed by atoms with Gasteiger partial charge in [-0.3, -0.25) is 0 Å². The van der Waals surface area contributed by atoms with E-state index in [9.17, 15) is 0 Å². The van der Waals surface area contributed by atoms with Gasteiger partial charge in [-0.2, -0.15) is 5.10 Å². The summed E-state index contributed by atoms with van der Waals surface area (Å²) in [7, 11) is 0. The highest BCUT2D eigenvalue weighted by atomic mass is 16.5. The Morgan fingerprint density at radius 2 is 2.42 bits per heavy atom. The number of aromatic nitrogens is 2. The zero-order valence-electron chi connectivity index (χ0n) is 11.1. The molecule has 3 N–H and O–H groups in total. The lowest BCUT2D eigenvalue weighted by atomic mass is 9.85. The summed E-state index contributed by atoms with van der Waals surface area (Å²) in [5, 5.41) is 19.5. The topological polar surface area (TPSA) is 93.6 Å². The quantitative estimate of drug-likeness (QED) is 0.375. The van der Waals surface area contributed by atoms with Crippen LogP contribution in [0.4, 0.5) is 0 Å². The molecule has 1 aliphatic carbocycles. The van der Waals surface area contributed by atoms with Gasteiger partial charge in [0, 0.05) is 0 Å². The zero-order valence-corrected chi connectivity index (χ0v) is 11.1. The molecule has 1 heterocycles. The third kappa shape index (κ3) is 3.33. The molecular formula is C13H20N4O2. The zero-order chi connectivity index (χ0) is 13.7. The average molecular weight is 264 g/mol. The Balaban J connectivity index is 2.10.